The number of carbonyl (C=O) groups excluding carboxylic acids is 1. The Kier molecular flexibility index (Phi) is 6.50. The highest BCUT2D eigenvalue weighted by Crippen LogP contribution is 2.24. The molecule has 12 heteroatoms. The Balaban J connectivity index is 1.47. The van der Waals surface area contributed by atoms with Gasteiger partial charge in [0, 0.05) is 30.6 Å². The van der Waals surface area contributed by atoms with Gasteiger partial charge in [0.15, 0.2) is 0 Å². The van der Waals surface area contributed by atoms with Gasteiger partial charge in [-0.3, -0.25) is 19.6 Å². The first-order valence-electron chi connectivity index (χ1n) is 8.97. The first kappa shape index (κ1) is 21.2. The molecule has 0 radical (unpaired) electrons. The lowest BCUT2D eigenvalue weighted by Gasteiger charge is -2.30. The molecule has 2 heterocycles. The van der Waals surface area contributed by atoms with E-state index in [0.29, 0.717) is 24.4 Å². The highest BCUT2D eigenvalue weighted by atomic mass is 35.5. The largest absolute Gasteiger partial charge is 0.354 e. The smallest absolute Gasteiger partial charge is 0.306 e. The lowest BCUT2D eigenvalue weighted by atomic mass is 9.97. The number of nitrogens with one attached hydrogen (secondary N) is 1. The Morgan fingerprint density at radius 3 is 2.52 bits per heavy atom. The van der Waals surface area contributed by atoms with Crippen molar-refractivity contribution in [1.82, 2.24) is 19.4 Å². The first-order chi connectivity index (χ1) is 13.8. The van der Waals surface area contributed by atoms with Crippen molar-refractivity contribution in [3.8, 4) is 0 Å². The number of hydrogen-bond donors (Lipinski definition) is 1. The van der Waals surface area contributed by atoms with Gasteiger partial charge in [0.1, 0.15) is 12.4 Å². The van der Waals surface area contributed by atoms with E-state index in [-0.39, 0.29) is 42.0 Å². The van der Waals surface area contributed by atoms with Gasteiger partial charge in [0.25, 0.3) is 0 Å². The minimum Gasteiger partial charge on any atom is -0.354 e. The van der Waals surface area contributed by atoms with Gasteiger partial charge in [-0.25, -0.2) is 8.42 Å². The van der Waals surface area contributed by atoms with Crippen LogP contribution in [0.1, 0.15) is 12.8 Å². The summed E-state index contributed by atoms with van der Waals surface area (Å²) in [5.41, 5.74) is -0.106. The third-order valence-corrected chi connectivity index (χ3v) is 6.91. The van der Waals surface area contributed by atoms with Crippen LogP contribution >= 0.6 is 11.6 Å². The van der Waals surface area contributed by atoms with Crippen molar-refractivity contribution in [2.75, 3.05) is 19.6 Å². The van der Waals surface area contributed by atoms with E-state index in [1.807, 2.05) is 0 Å². The lowest BCUT2D eigenvalue weighted by molar-refractivity contribution is -0.385. The second-order valence-electron chi connectivity index (χ2n) is 6.64. The fourth-order valence-electron chi connectivity index (χ4n) is 3.12. The van der Waals surface area contributed by atoms with Crippen LogP contribution in [0.5, 0.6) is 0 Å². The zero-order valence-corrected chi connectivity index (χ0v) is 17.0. The molecule has 0 aliphatic carbocycles. The second-order valence-corrected chi connectivity index (χ2v) is 9.02. The number of sulfonamides is 1. The van der Waals surface area contributed by atoms with Gasteiger partial charge in [-0.2, -0.15) is 9.40 Å². The van der Waals surface area contributed by atoms with Crippen LogP contribution in [0.4, 0.5) is 5.69 Å². The number of hydrogen-bond acceptors (Lipinski definition) is 6. The van der Waals surface area contributed by atoms with Gasteiger partial charge in [-0.1, -0.05) is 11.6 Å². The Labute approximate surface area is 172 Å². The van der Waals surface area contributed by atoms with E-state index >= 15 is 0 Å². The van der Waals surface area contributed by atoms with E-state index in [4.69, 9.17) is 11.6 Å². The van der Waals surface area contributed by atoms with Crippen LogP contribution < -0.4 is 5.32 Å². The predicted octanol–water partition coefficient (Wildman–Crippen LogP) is 1.66. The molecule has 1 aromatic heterocycles. The third kappa shape index (κ3) is 5.11. The summed E-state index contributed by atoms with van der Waals surface area (Å²) >= 11 is 5.81. The minimum atomic E-state index is -3.61. The molecule has 156 valence electrons. The number of aromatic nitrogens is 2. The zero-order valence-electron chi connectivity index (χ0n) is 15.4. The number of rotatable bonds is 7. The van der Waals surface area contributed by atoms with Gasteiger partial charge in [0.05, 0.1) is 16.4 Å². The normalized spacial score (nSPS) is 15.9. The van der Waals surface area contributed by atoms with Gasteiger partial charge in [-0.05, 0) is 37.1 Å². The summed E-state index contributed by atoms with van der Waals surface area (Å²) < 4.78 is 28.1. The van der Waals surface area contributed by atoms with E-state index in [1.165, 1.54) is 39.4 Å². The maximum atomic E-state index is 12.7. The minimum absolute atomic E-state index is 0.106. The Bertz CT molecular complexity index is 984. The van der Waals surface area contributed by atoms with Crippen molar-refractivity contribution in [1.29, 1.82) is 0 Å². The van der Waals surface area contributed by atoms with Gasteiger partial charge in [0.2, 0.25) is 15.9 Å². The number of nitrogens with zero attached hydrogens (tertiary/aromatic N) is 4. The van der Waals surface area contributed by atoms with Crippen molar-refractivity contribution < 1.29 is 18.1 Å². The standard InChI is InChI=1S/C17H20ClN5O5S/c18-14-1-3-16(4-2-14)29(27,28)22-8-5-13(6-9-22)17(24)19-7-10-21-12-15(11-20-21)23(25)26/h1-4,11-13H,5-10H2,(H,19,24). The fraction of sp³-hybridized carbons (Fsp3) is 0.412. The highest BCUT2D eigenvalue weighted by Gasteiger charge is 2.31. The van der Waals surface area contributed by atoms with E-state index in [1.54, 1.807) is 0 Å². The Morgan fingerprint density at radius 1 is 1.28 bits per heavy atom. The number of amides is 1. The van der Waals surface area contributed by atoms with Crippen molar-refractivity contribution in [3.63, 3.8) is 0 Å². The van der Waals surface area contributed by atoms with Crippen LogP contribution in [0.25, 0.3) is 0 Å². The van der Waals surface area contributed by atoms with Crippen LogP contribution in [-0.2, 0) is 21.4 Å². The van der Waals surface area contributed by atoms with Gasteiger partial charge in [-0.15, -0.1) is 0 Å². The van der Waals surface area contributed by atoms with Crippen molar-refractivity contribution in [3.05, 3.63) is 51.8 Å². The van der Waals surface area contributed by atoms with Crippen LogP contribution in [0.2, 0.25) is 5.02 Å². The zero-order chi connectivity index (χ0) is 21.0. The monoisotopic (exact) mass is 441 g/mol. The third-order valence-electron chi connectivity index (χ3n) is 4.75. The molecule has 1 aliphatic heterocycles. The van der Waals surface area contributed by atoms with E-state index in [0.717, 1.165) is 6.20 Å². The number of carbonyl (C=O) groups is 1. The maximum absolute atomic E-state index is 12.7. The Hall–Kier alpha value is -2.50. The summed E-state index contributed by atoms with van der Waals surface area (Å²) in [7, 11) is -3.61. The number of piperidine rings is 1. The average molecular weight is 442 g/mol. The molecule has 1 amide bonds. The Morgan fingerprint density at radius 2 is 1.93 bits per heavy atom. The fourth-order valence-corrected chi connectivity index (χ4v) is 4.72. The number of benzene rings is 1. The summed E-state index contributed by atoms with van der Waals surface area (Å²) in [4.78, 5) is 22.6. The molecule has 1 aliphatic rings. The summed E-state index contributed by atoms with van der Waals surface area (Å²) in [6.45, 7) is 1.10. The average Bonchev–Trinajstić information content (AvgIpc) is 3.18. The van der Waals surface area contributed by atoms with E-state index in [9.17, 15) is 23.3 Å². The highest BCUT2D eigenvalue weighted by molar-refractivity contribution is 7.89. The van der Waals surface area contributed by atoms with Crippen molar-refractivity contribution in [2.45, 2.75) is 24.3 Å². The summed E-state index contributed by atoms with van der Waals surface area (Å²) in [6, 6.07) is 6.00. The maximum Gasteiger partial charge on any atom is 0.306 e. The molecule has 1 saturated heterocycles. The summed E-state index contributed by atoms with van der Waals surface area (Å²) in [5, 5.41) is 17.7. The molecule has 0 spiro atoms. The van der Waals surface area contributed by atoms with Crippen LogP contribution in [0.3, 0.4) is 0 Å². The quantitative estimate of drug-likeness (QED) is 0.514. The molecule has 2 aromatic rings. The molecule has 1 fully saturated rings. The number of halogens is 1. The molecule has 29 heavy (non-hydrogen) atoms. The summed E-state index contributed by atoms with van der Waals surface area (Å²) in [6.07, 6.45) is 3.29. The summed E-state index contributed by atoms with van der Waals surface area (Å²) in [5.74, 6) is -0.436. The molecular weight excluding hydrogens is 422 g/mol. The van der Waals surface area contributed by atoms with Gasteiger partial charge >= 0.3 is 5.69 Å². The van der Waals surface area contributed by atoms with Gasteiger partial charge < -0.3 is 5.32 Å². The first-order valence-corrected chi connectivity index (χ1v) is 10.8. The predicted molar refractivity (Wildman–Crippen MR) is 105 cm³/mol. The molecular formula is C17H20ClN5O5S. The van der Waals surface area contributed by atoms with Crippen LogP contribution in [-0.4, -0.2) is 53.0 Å². The van der Waals surface area contributed by atoms with Crippen LogP contribution in [0.15, 0.2) is 41.6 Å². The van der Waals surface area contributed by atoms with Crippen molar-refractivity contribution in [2.24, 2.45) is 5.92 Å². The molecule has 3 rings (SSSR count). The molecule has 10 nitrogen and oxygen atoms in total. The molecule has 0 bridgehead atoms. The van der Waals surface area contributed by atoms with E-state index < -0.39 is 14.9 Å². The molecule has 1 N–H and O–H groups in total. The number of nitro groups is 1. The van der Waals surface area contributed by atoms with E-state index in [2.05, 4.69) is 10.4 Å². The SMILES string of the molecule is O=C(NCCn1cc([N+](=O)[O-])cn1)C1CCN(S(=O)(=O)c2ccc(Cl)cc2)CC1. The molecule has 0 atom stereocenters. The topological polar surface area (TPSA) is 127 Å². The second kappa shape index (κ2) is 8.89. The molecule has 1 aromatic carbocycles. The van der Waals surface area contributed by atoms with Crippen LogP contribution in [0, 0.1) is 16.0 Å². The lowest BCUT2D eigenvalue weighted by Crippen LogP contribution is -2.43. The van der Waals surface area contributed by atoms with Crippen molar-refractivity contribution >= 4 is 33.2 Å². The molecule has 0 saturated carbocycles. The molecule has 0 unspecified atom stereocenters.